The quantitative estimate of drug-likeness (QED) is 0.714. The number of aryl methyl sites for hydroxylation is 2. The second-order valence-electron chi connectivity index (χ2n) is 4.22. The molecular weight excluding hydrogens is 295 g/mol. The van der Waals surface area contributed by atoms with Gasteiger partial charge < -0.3 is 4.74 Å². The molecule has 0 radical (unpaired) electrons. The summed E-state index contributed by atoms with van der Waals surface area (Å²) in [6.45, 7) is 3.68. The van der Waals surface area contributed by atoms with Gasteiger partial charge >= 0.3 is 0 Å². The van der Waals surface area contributed by atoms with Crippen molar-refractivity contribution in [2.24, 2.45) is 0 Å². The maximum Gasteiger partial charge on any atom is 0.168 e. The predicted molar refractivity (Wildman–Crippen MR) is 75.0 cm³/mol. The van der Waals surface area contributed by atoms with Crippen molar-refractivity contribution in [1.29, 1.82) is 0 Å². The summed E-state index contributed by atoms with van der Waals surface area (Å²) < 4.78 is 19.5. The van der Waals surface area contributed by atoms with Crippen molar-refractivity contribution < 1.29 is 9.13 Å². The van der Waals surface area contributed by atoms with Crippen LogP contribution in [0.15, 0.2) is 36.4 Å². The van der Waals surface area contributed by atoms with E-state index >= 15 is 0 Å². The number of halogens is 2. The van der Waals surface area contributed by atoms with Crippen LogP contribution in [-0.2, 0) is 5.33 Å². The molecule has 0 aromatic heterocycles. The SMILES string of the molecule is Cc1cc(CBr)ccc1Oc1cccc(C)c1F. The van der Waals surface area contributed by atoms with E-state index in [2.05, 4.69) is 15.9 Å². The van der Waals surface area contributed by atoms with Crippen LogP contribution in [0.1, 0.15) is 16.7 Å². The molecule has 0 unspecified atom stereocenters. The zero-order valence-corrected chi connectivity index (χ0v) is 11.9. The number of hydrogen-bond acceptors (Lipinski definition) is 1. The highest BCUT2D eigenvalue weighted by Crippen LogP contribution is 2.29. The first kappa shape index (κ1) is 13.1. The molecule has 1 nitrogen and oxygen atoms in total. The third-order valence-electron chi connectivity index (χ3n) is 2.77. The number of ether oxygens (including phenoxy) is 1. The van der Waals surface area contributed by atoms with Crippen molar-refractivity contribution in [3.8, 4) is 11.5 Å². The first-order valence-corrected chi connectivity index (χ1v) is 6.82. The Morgan fingerprint density at radius 1 is 1.06 bits per heavy atom. The molecule has 0 N–H and O–H groups in total. The van der Waals surface area contributed by atoms with Gasteiger partial charge in [0.1, 0.15) is 5.75 Å². The minimum atomic E-state index is -0.304. The maximum atomic E-state index is 13.8. The lowest BCUT2D eigenvalue weighted by atomic mass is 10.1. The highest BCUT2D eigenvalue weighted by molar-refractivity contribution is 9.08. The maximum absolute atomic E-state index is 13.8. The van der Waals surface area contributed by atoms with E-state index in [0.29, 0.717) is 11.3 Å². The van der Waals surface area contributed by atoms with Crippen LogP contribution in [0.3, 0.4) is 0 Å². The van der Waals surface area contributed by atoms with Gasteiger partial charge in [0, 0.05) is 5.33 Å². The van der Waals surface area contributed by atoms with Crippen LogP contribution < -0.4 is 4.74 Å². The molecule has 0 spiro atoms. The number of hydrogen-bond donors (Lipinski definition) is 0. The van der Waals surface area contributed by atoms with E-state index < -0.39 is 0 Å². The lowest BCUT2D eigenvalue weighted by Gasteiger charge is -2.11. The molecule has 94 valence electrons. The first-order chi connectivity index (χ1) is 8.61. The molecule has 0 fully saturated rings. The molecule has 2 aromatic rings. The van der Waals surface area contributed by atoms with Gasteiger partial charge in [0.25, 0.3) is 0 Å². The van der Waals surface area contributed by atoms with Gasteiger partial charge in [0.2, 0.25) is 0 Å². The molecule has 0 amide bonds. The Labute approximate surface area is 115 Å². The van der Waals surface area contributed by atoms with Crippen LogP contribution in [0.25, 0.3) is 0 Å². The zero-order chi connectivity index (χ0) is 13.1. The Morgan fingerprint density at radius 3 is 2.50 bits per heavy atom. The molecule has 3 heteroatoms. The molecule has 2 aromatic carbocycles. The van der Waals surface area contributed by atoms with Crippen molar-refractivity contribution in [1.82, 2.24) is 0 Å². The molecule has 0 heterocycles. The second kappa shape index (κ2) is 5.53. The van der Waals surface area contributed by atoms with Gasteiger partial charge in [-0.25, -0.2) is 4.39 Å². The average Bonchev–Trinajstić information content (AvgIpc) is 2.37. The molecule has 2 rings (SSSR count). The van der Waals surface area contributed by atoms with E-state index in [0.717, 1.165) is 10.9 Å². The summed E-state index contributed by atoms with van der Waals surface area (Å²) in [5.41, 5.74) is 2.75. The van der Waals surface area contributed by atoms with E-state index in [-0.39, 0.29) is 11.6 Å². The van der Waals surface area contributed by atoms with E-state index in [9.17, 15) is 4.39 Å². The van der Waals surface area contributed by atoms with Crippen LogP contribution in [0, 0.1) is 19.7 Å². The molecule has 0 bridgehead atoms. The van der Waals surface area contributed by atoms with Gasteiger partial charge in [-0.05, 0) is 42.7 Å². The van der Waals surface area contributed by atoms with E-state index in [4.69, 9.17) is 4.74 Å². The first-order valence-electron chi connectivity index (χ1n) is 5.70. The Kier molecular flexibility index (Phi) is 4.02. The number of alkyl halides is 1. The summed E-state index contributed by atoms with van der Waals surface area (Å²) in [5, 5.41) is 0.799. The smallest absolute Gasteiger partial charge is 0.168 e. The molecule has 0 atom stereocenters. The fraction of sp³-hybridized carbons (Fsp3) is 0.200. The molecule has 0 aliphatic rings. The average molecular weight is 309 g/mol. The van der Waals surface area contributed by atoms with E-state index in [1.54, 1.807) is 25.1 Å². The van der Waals surface area contributed by atoms with Crippen LogP contribution in [-0.4, -0.2) is 0 Å². The highest BCUT2D eigenvalue weighted by Gasteiger charge is 2.08. The lowest BCUT2D eigenvalue weighted by Crippen LogP contribution is -1.93. The summed E-state index contributed by atoms with van der Waals surface area (Å²) in [6.07, 6.45) is 0. The summed E-state index contributed by atoms with van der Waals surface area (Å²) in [7, 11) is 0. The fourth-order valence-electron chi connectivity index (χ4n) is 1.73. The molecule has 18 heavy (non-hydrogen) atoms. The number of rotatable bonds is 3. The normalized spacial score (nSPS) is 10.4. The summed E-state index contributed by atoms with van der Waals surface area (Å²) in [6, 6.07) is 11.0. The molecular formula is C15H14BrFO. The summed E-state index contributed by atoms with van der Waals surface area (Å²) in [5.74, 6) is 0.648. The van der Waals surface area contributed by atoms with Crippen LogP contribution in [0.4, 0.5) is 4.39 Å². The van der Waals surface area contributed by atoms with Gasteiger partial charge in [-0.3, -0.25) is 0 Å². The minimum Gasteiger partial charge on any atom is -0.454 e. The molecule has 0 saturated carbocycles. The Balaban J connectivity index is 2.31. The molecule has 0 aliphatic heterocycles. The minimum absolute atomic E-state index is 0.268. The van der Waals surface area contributed by atoms with E-state index in [1.165, 1.54) is 5.56 Å². The number of benzene rings is 2. The topological polar surface area (TPSA) is 9.23 Å². The van der Waals surface area contributed by atoms with Crippen molar-refractivity contribution in [2.45, 2.75) is 19.2 Å². The third kappa shape index (κ3) is 2.72. The third-order valence-corrected chi connectivity index (χ3v) is 3.42. The fourth-order valence-corrected chi connectivity index (χ4v) is 2.08. The van der Waals surface area contributed by atoms with Crippen LogP contribution in [0.5, 0.6) is 11.5 Å². The summed E-state index contributed by atoms with van der Waals surface area (Å²) >= 11 is 3.40. The van der Waals surface area contributed by atoms with Crippen molar-refractivity contribution in [3.63, 3.8) is 0 Å². The van der Waals surface area contributed by atoms with Crippen molar-refractivity contribution in [2.75, 3.05) is 0 Å². The van der Waals surface area contributed by atoms with Gasteiger partial charge in [0.05, 0.1) is 0 Å². The summed E-state index contributed by atoms with van der Waals surface area (Å²) in [4.78, 5) is 0. The molecule has 0 aliphatic carbocycles. The van der Waals surface area contributed by atoms with Gasteiger partial charge in [-0.2, -0.15) is 0 Å². The monoisotopic (exact) mass is 308 g/mol. The van der Waals surface area contributed by atoms with Gasteiger partial charge in [-0.1, -0.05) is 40.2 Å². The van der Waals surface area contributed by atoms with Crippen LogP contribution >= 0.6 is 15.9 Å². The largest absolute Gasteiger partial charge is 0.454 e. The highest BCUT2D eigenvalue weighted by atomic mass is 79.9. The Hall–Kier alpha value is -1.35. The van der Waals surface area contributed by atoms with Gasteiger partial charge in [0.15, 0.2) is 11.6 Å². The van der Waals surface area contributed by atoms with Crippen LogP contribution in [0.2, 0.25) is 0 Å². The van der Waals surface area contributed by atoms with Crippen molar-refractivity contribution in [3.05, 3.63) is 58.9 Å². The van der Waals surface area contributed by atoms with E-state index in [1.807, 2.05) is 25.1 Å². The van der Waals surface area contributed by atoms with Gasteiger partial charge in [-0.15, -0.1) is 0 Å². The second-order valence-corrected chi connectivity index (χ2v) is 4.78. The van der Waals surface area contributed by atoms with Crippen molar-refractivity contribution >= 4 is 15.9 Å². The zero-order valence-electron chi connectivity index (χ0n) is 10.3. The predicted octanol–water partition coefficient (Wildman–Crippen LogP) is 5.13. The standard InChI is InChI=1S/C15H14BrFO/c1-10-4-3-5-14(15(10)17)18-13-7-6-12(9-16)8-11(13)2/h3-8H,9H2,1-2H3. The molecule has 0 saturated heterocycles. The Morgan fingerprint density at radius 2 is 1.83 bits per heavy atom. The Bertz CT molecular complexity index is 566. The lowest BCUT2D eigenvalue weighted by molar-refractivity contribution is 0.437.